The van der Waals surface area contributed by atoms with Gasteiger partial charge < -0.3 is 15.2 Å². The van der Waals surface area contributed by atoms with Crippen LogP contribution in [0.25, 0.3) is 33.3 Å². The molecule has 0 spiro atoms. The second-order valence-corrected chi connectivity index (χ2v) is 10.3. The molecule has 0 unspecified atom stereocenters. The van der Waals surface area contributed by atoms with Crippen molar-refractivity contribution in [3.8, 4) is 33.9 Å². The van der Waals surface area contributed by atoms with Crippen molar-refractivity contribution < 1.29 is 13.9 Å². The van der Waals surface area contributed by atoms with E-state index in [2.05, 4.69) is 28.4 Å². The number of aryl methyl sites for hydroxylation is 1. The monoisotopic (exact) mass is 558 g/mol. The van der Waals surface area contributed by atoms with E-state index in [1.807, 2.05) is 73.7 Å². The smallest absolute Gasteiger partial charge is 0.138 e. The van der Waals surface area contributed by atoms with Crippen molar-refractivity contribution in [1.29, 1.82) is 0 Å². The zero-order valence-electron chi connectivity index (χ0n) is 23.3. The number of nitrogens with zero attached hydrogens (tertiary/aromatic N) is 2. The molecule has 6 rings (SSSR count). The van der Waals surface area contributed by atoms with Crippen LogP contribution in [-0.2, 0) is 13.0 Å². The number of aromatic nitrogens is 3. The SMILES string of the molecule is Cc1n[nH]c2ccc(-c3cc(OC[C@@H](N)Cc4ccccc4)cnc3-c3ccccc3OCc3cccc(F)c3)cc12. The number of halogens is 1. The number of H-pyrrole nitrogens is 1. The number of nitrogens with one attached hydrogen (secondary N) is 1. The van der Waals surface area contributed by atoms with Gasteiger partial charge in [-0.05, 0) is 72.5 Å². The lowest BCUT2D eigenvalue weighted by molar-refractivity contribution is 0.287. The standard InChI is InChI=1S/C35H31FN4O2/c1-23-31-18-26(14-15-33(31)40-39-23)32-19-29(41-22-28(37)17-24-8-3-2-4-9-24)20-38-35(32)30-12-5-6-13-34(30)42-21-25-10-7-11-27(36)16-25/h2-16,18-20,28H,17,21-22,37H2,1H3,(H,39,40)/t28-/m0/s1. The lowest BCUT2D eigenvalue weighted by Gasteiger charge is -2.17. The molecule has 0 saturated carbocycles. The lowest BCUT2D eigenvalue weighted by Crippen LogP contribution is -2.30. The zero-order chi connectivity index (χ0) is 28.9. The number of hydrogen-bond acceptors (Lipinski definition) is 5. The molecule has 6 aromatic rings. The topological polar surface area (TPSA) is 86.0 Å². The van der Waals surface area contributed by atoms with Crippen LogP contribution in [0.4, 0.5) is 4.39 Å². The summed E-state index contributed by atoms with van der Waals surface area (Å²) in [5.41, 5.74) is 13.6. The molecule has 4 aromatic carbocycles. The largest absolute Gasteiger partial charge is 0.490 e. The fraction of sp³-hybridized carbons (Fsp3) is 0.143. The van der Waals surface area contributed by atoms with Gasteiger partial charge in [0.15, 0.2) is 0 Å². The van der Waals surface area contributed by atoms with Crippen molar-refractivity contribution in [3.63, 3.8) is 0 Å². The van der Waals surface area contributed by atoms with Crippen molar-refractivity contribution >= 4 is 10.9 Å². The van der Waals surface area contributed by atoms with Gasteiger partial charge in [-0.3, -0.25) is 10.1 Å². The van der Waals surface area contributed by atoms with E-state index in [4.69, 9.17) is 20.2 Å². The second kappa shape index (κ2) is 12.2. The number of para-hydroxylation sites is 1. The molecule has 0 aliphatic heterocycles. The molecular formula is C35H31FN4O2. The summed E-state index contributed by atoms with van der Waals surface area (Å²) in [7, 11) is 0. The molecule has 0 aliphatic carbocycles. The number of aromatic amines is 1. The molecule has 3 N–H and O–H groups in total. The Labute approximate surface area is 244 Å². The first-order valence-electron chi connectivity index (χ1n) is 13.9. The maximum absolute atomic E-state index is 13.8. The molecule has 0 saturated heterocycles. The van der Waals surface area contributed by atoms with Crippen molar-refractivity contribution in [3.05, 3.63) is 132 Å². The quantitative estimate of drug-likeness (QED) is 0.185. The maximum atomic E-state index is 13.8. The minimum absolute atomic E-state index is 0.169. The minimum atomic E-state index is -0.294. The first-order valence-corrected chi connectivity index (χ1v) is 13.9. The Morgan fingerprint density at radius 1 is 0.833 bits per heavy atom. The van der Waals surface area contributed by atoms with Gasteiger partial charge in [-0.25, -0.2) is 4.39 Å². The summed E-state index contributed by atoms with van der Waals surface area (Å²) in [6.45, 7) is 2.55. The van der Waals surface area contributed by atoms with Gasteiger partial charge >= 0.3 is 0 Å². The Bertz CT molecular complexity index is 1820. The van der Waals surface area contributed by atoms with Crippen LogP contribution < -0.4 is 15.2 Å². The highest BCUT2D eigenvalue weighted by Crippen LogP contribution is 2.39. The molecule has 0 radical (unpaired) electrons. The summed E-state index contributed by atoms with van der Waals surface area (Å²) in [5, 5.41) is 8.46. The Morgan fingerprint density at radius 2 is 1.64 bits per heavy atom. The summed E-state index contributed by atoms with van der Waals surface area (Å²) in [6, 6.07) is 32.3. The Morgan fingerprint density at radius 3 is 2.50 bits per heavy atom. The summed E-state index contributed by atoms with van der Waals surface area (Å²) in [5.74, 6) is 0.978. The van der Waals surface area contributed by atoms with Crippen LogP contribution in [0.2, 0.25) is 0 Å². The molecule has 210 valence electrons. The van der Waals surface area contributed by atoms with E-state index >= 15 is 0 Å². The number of hydrogen-bond donors (Lipinski definition) is 2. The fourth-order valence-corrected chi connectivity index (χ4v) is 5.03. The van der Waals surface area contributed by atoms with E-state index < -0.39 is 0 Å². The molecule has 0 amide bonds. The van der Waals surface area contributed by atoms with E-state index in [1.165, 1.54) is 17.7 Å². The van der Waals surface area contributed by atoms with Crippen molar-refractivity contribution in [2.75, 3.05) is 6.61 Å². The maximum Gasteiger partial charge on any atom is 0.138 e. The number of pyridine rings is 1. The highest BCUT2D eigenvalue weighted by Gasteiger charge is 2.17. The van der Waals surface area contributed by atoms with Gasteiger partial charge in [-0.2, -0.15) is 5.10 Å². The molecule has 42 heavy (non-hydrogen) atoms. The van der Waals surface area contributed by atoms with Crippen LogP contribution >= 0.6 is 0 Å². The molecule has 0 fully saturated rings. The predicted octanol–water partition coefficient (Wildman–Crippen LogP) is 7.27. The first-order chi connectivity index (χ1) is 20.5. The summed E-state index contributed by atoms with van der Waals surface area (Å²) >= 11 is 0. The van der Waals surface area contributed by atoms with Crippen LogP contribution in [0.3, 0.4) is 0 Å². The van der Waals surface area contributed by atoms with Gasteiger partial charge in [0.2, 0.25) is 0 Å². The summed E-state index contributed by atoms with van der Waals surface area (Å²) in [4.78, 5) is 4.88. The highest BCUT2D eigenvalue weighted by molar-refractivity contribution is 5.91. The molecule has 1 atom stereocenters. The number of ether oxygens (including phenoxy) is 2. The number of benzene rings is 4. The van der Waals surface area contributed by atoms with Gasteiger partial charge in [-0.1, -0.05) is 60.7 Å². The zero-order valence-corrected chi connectivity index (χ0v) is 23.3. The molecule has 0 bridgehead atoms. The van der Waals surface area contributed by atoms with Crippen molar-refractivity contribution in [1.82, 2.24) is 15.2 Å². The van der Waals surface area contributed by atoms with Crippen LogP contribution in [0.5, 0.6) is 11.5 Å². The van der Waals surface area contributed by atoms with Crippen LogP contribution in [0.1, 0.15) is 16.8 Å². The molecule has 2 heterocycles. The third-order valence-electron chi connectivity index (χ3n) is 7.16. The van der Waals surface area contributed by atoms with Gasteiger partial charge in [0.05, 0.1) is 23.1 Å². The Balaban J connectivity index is 1.33. The third-order valence-corrected chi connectivity index (χ3v) is 7.16. The molecule has 2 aromatic heterocycles. The Hall–Kier alpha value is -5.01. The van der Waals surface area contributed by atoms with E-state index in [1.54, 1.807) is 12.3 Å². The van der Waals surface area contributed by atoms with Gasteiger partial charge in [0.1, 0.15) is 30.5 Å². The Kier molecular flexibility index (Phi) is 7.92. The van der Waals surface area contributed by atoms with E-state index in [0.29, 0.717) is 24.5 Å². The van der Waals surface area contributed by atoms with Crippen LogP contribution in [0, 0.1) is 12.7 Å². The predicted molar refractivity (Wildman–Crippen MR) is 164 cm³/mol. The fourth-order valence-electron chi connectivity index (χ4n) is 5.03. The normalized spacial score (nSPS) is 11.9. The average Bonchev–Trinajstić information content (AvgIpc) is 3.39. The van der Waals surface area contributed by atoms with Crippen molar-refractivity contribution in [2.24, 2.45) is 5.73 Å². The van der Waals surface area contributed by atoms with E-state index in [0.717, 1.165) is 44.5 Å². The van der Waals surface area contributed by atoms with Gasteiger partial charge in [0.25, 0.3) is 0 Å². The third kappa shape index (κ3) is 6.16. The highest BCUT2D eigenvalue weighted by atomic mass is 19.1. The van der Waals surface area contributed by atoms with Crippen molar-refractivity contribution in [2.45, 2.75) is 26.0 Å². The number of rotatable bonds is 10. The minimum Gasteiger partial charge on any atom is -0.490 e. The number of fused-ring (bicyclic) bond motifs is 1. The van der Waals surface area contributed by atoms with Gasteiger partial charge in [0, 0.05) is 22.6 Å². The molecule has 0 aliphatic rings. The second-order valence-electron chi connectivity index (χ2n) is 10.3. The van der Waals surface area contributed by atoms with E-state index in [9.17, 15) is 4.39 Å². The summed E-state index contributed by atoms with van der Waals surface area (Å²) in [6.07, 6.45) is 2.44. The van der Waals surface area contributed by atoms with Crippen LogP contribution in [-0.4, -0.2) is 27.8 Å². The molecular weight excluding hydrogens is 527 g/mol. The molecule has 7 heteroatoms. The van der Waals surface area contributed by atoms with E-state index in [-0.39, 0.29) is 18.5 Å². The lowest BCUT2D eigenvalue weighted by atomic mass is 9.97. The average molecular weight is 559 g/mol. The number of nitrogens with two attached hydrogens (primary N) is 1. The van der Waals surface area contributed by atoms with Crippen LogP contribution in [0.15, 0.2) is 109 Å². The first kappa shape index (κ1) is 27.2. The van der Waals surface area contributed by atoms with Gasteiger partial charge in [-0.15, -0.1) is 0 Å². The summed E-state index contributed by atoms with van der Waals surface area (Å²) < 4.78 is 26.1. The molecule has 6 nitrogen and oxygen atoms in total.